The van der Waals surface area contributed by atoms with Gasteiger partial charge in [-0.25, -0.2) is 4.90 Å². The second kappa shape index (κ2) is 6.63. The van der Waals surface area contributed by atoms with Crippen LogP contribution >= 0.6 is 0 Å². The van der Waals surface area contributed by atoms with Gasteiger partial charge in [0.15, 0.2) is 0 Å². The average molecular weight is 365 g/mol. The molecular weight excluding hydrogens is 342 g/mol. The van der Waals surface area contributed by atoms with Crippen LogP contribution in [-0.4, -0.2) is 29.8 Å². The average Bonchev–Trinajstić information content (AvgIpc) is 2.87. The predicted molar refractivity (Wildman–Crippen MR) is 104 cm³/mol. The highest BCUT2D eigenvalue weighted by Crippen LogP contribution is 2.31. The van der Waals surface area contributed by atoms with E-state index in [1.807, 2.05) is 45.9 Å². The quantitative estimate of drug-likeness (QED) is 0.815. The molecule has 0 saturated heterocycles. The van der Waals surface area contributed by atoms with Crippen LogP contribution in [0.4, 0.5) is 5.69 Å². The molecule has 27 heavy (non-hydrogen) atoms. The molecule has 1 aliphatic rings. The summed E-state index contributed by atoms with van der Waals surface area (Å²) in [6, 6.07) is 10.2. The number of anilines is 1. The number of carbonyl (C=O) groups excluding carboxylic acids is 3. The first-order valence-electron chi connectivity index (χ1n) is 8.77. The van der Waals surface area contributed by atoms with Crippen LogP contribution in [-0.2, 0) is 0 Å². The van der Waals surface area contributed by atoms with E-state index in [1.54, 1.807) is 6.07 Å². The number of hydrogen-bond acceptors (Lipinski definition) is 4. The monoisotopic (exact) mass is 365 g/mol. The molecule has 0 radical (unpaired) electrons. The van der Waals surface area contributed by atoms with Crippen LogP contribution in [0.2, 0.25) is 0 Å². The van der Waals surface area contributed by atoms with E-state index >= 15 is 0 Å². The zero-order valence-corrected chi connectivity index (χ0v) is 15.9. The second-order valence-electron chi connectivity index (χ2n) is 7.54. The van der Waals surface area contributed by atoms with Crippen LogP contribution in [0.15, 0.2) is 36.4 Å². The lowest BCUT2D eigenvalue weighted by atomic mass is 10.0. The molecule has 1 aliphatic heterocycles. The fraction of sp³-hybridized carbons (Fsp3) is 0.286. The molecule has 6 heteroatoms. The van der Waals surface area contributed by atoms with Gasteiger partial charge in [0.1, 0.15) is 0 Å². The zero-order valence-electron chi connectivity index (χ0n) is 15.9. The van der Waals surface area contributed by atoms with E-state index in [4.69, 9.17) is 5.73 Å². The van der Waals surface area contributed by atoms with Gasteiger partial charge in [-0.15, -0.1) is 0 Å². The maximum Gasteiger partial charge on any atom is 0.266 e. The Morgan fingerprint density at radius 1 is 1.04 bits per heavy atom. The van der Waals surface area contributed by atoms with Crippen molar-refractivity contribution in [2.24, 2.45) is 5.73 Å². The summed E-state index contributed by atoms with van der Waals surface area (Å²) in [6.07, 6.45) is 0. The zero-order chi connectivity index (χ0) is 19.9. The summed E-state index contributed by atoms with van der Waals surface area (Å²) in [5.74, 6) is -1.13. The van der Waals surface area contributed by atoms with E-state index in [2.05, 4.69) is 5.32 Å². The van der Waals surface area contributed by atoms with Gasteiger partial charge in [0.05, 0.1) is 16.8 Å². The molecular formula is C21H23N3O3. The number of hydrogen-bond donors (Lipinski definition) is 2. The Balaban J connectivity index is 1.98. The molecule has 3 N–H and O–H groups in total. The second-order valence-corrected chi connectivity index (χ2v) is 7.54. The van der Waals surface area contributed by atoms with E-state index in [0.29, 0.717) is 16.8 Å². The smallest absolute Gasteiger partial charge is 0.266 e. The number of imide groups is 1. The summed E-state index contributed by atoms with van der Waals surface area (Å²) in [5, 5.41) is 2.83. The van der Waals surface area contributed by atoms with E-state index in [-0.39, 0.29) is 23.9 Å². The highest BCUT2D eigenvalue weighted by Gasteiger charge is 2.38. The summed E-state index contributed by atoms with van der Waals surface area (Å²) >= 11 is 0. The largest absolute Gasteiger partial charge is 0.346 e. The molecule has 3 rings (SSSR count). The molecule has 140 valence electrons. The fourth-order valence-corrected chi connectivity index (χ4v) is 2.99. The Kier molecular flexibility index (Phi) is 4.61. The van der Waals surface area contributed by atoms with Crippen molar-refractivity contribution in [2.45, 2.75) is 33.2 Å². The van der Waals surface area contributed by atoms with Gasteiger partial charge in [0, 0.05) is 17.6 Å². The Morgan fingerprint density at radius 2 is 1.70 bits per heavy atom. The van der Waals surface area contributed by atoms with Crippen molar-refractivity contribution in [2.75, 3.05) is 11.4 Å². The predicted octanol–water partition coefficient (Wildman–Crippen LogP) is 2.57. The van der Waals surface area contributed by atoms with Gasteiger partial charge >= 0.3 is 0 Å². The van der Waals surface area contributed by atoms with Crippen LogP contribution in [0, 0.1) is 13.8 Å². The molecule has 1 heterocycles. The van der Waals surface area contributed by atoms with Crippen LogP contribution in [0.25, 0.3) is 0 Å². The lowest BCUT2D eigenvalue weighted by molar-refractivity contribution is 0.0910. The van der Waals surface area contributed by atoms with Crippen molar-refractivity contribution in [1.82, 2.24) is 5.32 Å². The SMILES string of the molecule is Cc1ccc(C)c(N2C(=O)c3ccc(C(=O)NC(C)(C)CN)cc3C2=O)c1. The Morgan fingerprint density at radius 3 is 2.37 bits per heavy atom. The maximum atomic E-state index is 12.9. The van der Waals surface area contributed by atoms with Gasteiger partial charge in [-0.1, -0.05) is 12.1 Å². The van der Waals surface area contributed by atoms with Gasteiger partial charge in [-0.3, -0.25) is 14.4 Å². The number of aryl methyl sites for hydroxylation is 2. The molecule has 0 spiro atoms. The van der Waals surface area contributed by atoms with Crippen molar-refractivity contribution in [3.63, 3.8) is 0 Å². The molecule has 0 saturated carbocycles. The lowest BCUT2D eigenvalue weighted by Crippen LogP contribution is -2.48. The fourth-order valence-electron chi connectivity index (χ4n) is 2.99. The third-order valence-electron chi connectivity index (χ3n) is 4.72. The van der Waals surface area contributed by atoms with Crippen LogP contribution < -0.4 is 16.0 Å². The van der Waals surface area contributed by atoms with Crippen LogP contribution in [0.3, 0.4) is 0 Å². The number of nitrogens with zero attached hydrogens (tertiary/aromatic N) is 1. The van der Waals surface area contributed by atoms with E-state index < -0.39 is 11.4 Å². The molecule has 0 aliphatic carbocycles. The number of fused-ring (bicyclic) bond motifs is 1. The molecule has 0 atom stereocenters. The minimum atomic E-state index is -0.569. The summed E-state index contributed by atoms with van der Waals surface area (Å²) in [5.41, 5.74) is 8.29. The Bertz CT molecular complexity index is 963. The molecule has 2 aromatic carbocycles. The van der Waals surface area contributed by atoms with Crippen molar-refractivity contribution < 1.29 is 14.4 Å². The van der Waals surface area contributed by atoms with Gasteiger partial charge in [-0.05, 0) is 63.1 Å². The van der Waals surface area contributed by atoms with E-state index in [0.717, 1.165) is 11.1 Å². The van der Waals surface area contributed by atoms with E-state index in [9.17, 15) is 14.4 Å². The minimum Gasteiger partial charge on any atom is -0.346 e. The number of benzene rings is 2. The molecule has 0 aromatic heterocycles. The van der Waals surface area contributed by atoms with Crippen molar-refractivity contribution in [3.8, 4) is 0 Å². The third-order valence-corrected chi connectivity index (χ3v) is 4.72. The third kappa shape index (κ3) is 3.36. The Labute approximate surface area is 158 Å². The first kappa shape index (κ1) is 18.8. The molecule has 0 unspecified atom stereocenters. The summed E-state index contributed by atoms with van der Waals surface area (Å²) in [7, 11) is 0. The summed E-state index contributed by atoms with van der Waals surface area (Å²) < 4.78 is 0. The normalized spacial score (nSPS) is 13.7. The maximum absolute atomic E-state index is 12.9. The van der Waals surface area contributed by atoms with Crippen molar-refractivity contribution in [1.29, 1.82) is 0 Å². The molecule has 0 bridgehead atoms. The van der Waals surface area contributed by atoms with Gasteiger partial charge in [0.25, 0.3) is 17.7 Å². The van der Waals surface area contributed by atoms with Gasteiger partial charge in [-0.2, -0.15) is 0 Å². The van der Waals surface area contributed by atoms with Crippen LogP contribution in [0.5, 0.6) is 0 Å². The molecule has 6 nitrogen and oxygen atoms in total. The highest BCUT2D eigenvalue weighted by atomic mass is 16.2. The van der Waals surface area contributed by atoms with Crippen LogP contribution in [0.1, 0.15) is 56.0 Å². The number of carbonyl (C=O) groups is 3. The standard InChI is InChI=1S/C21H23N3O3/c1-12-5-6-13(2)17(9-12)24-19(26)15-8-7-14(10-16(15)20(24)27)18(25)23-21(3,4)11-22/h5-10H,11,22H2,1-4H3,(H,23,25). The number of nitrogens with one attached hydrogen (secondary N) is 1. The molecule has 3 amide bonds. The van der Waals surface area contributed by atoms with Gasteiger partial charge < -0.3 is 11.1 Å². The Hall–Kier alpha value is -2.99. The topological polar surface area (TPSA) is 92.5 Å². The number of rotatable bonds is 4. The van der Waals surface area contributed by atoms with Crippen molar-refractivity contribution in [3.05, 3.63) is 64.2 Å². The summed E-state index contributed by atoms with van der Waals surface area (Å²) in [6.45, 7) is 7.67. The first-order valence-corrected chi connectivity index (χ1v) is 8.77. The first-order chi connectivity index (χ1) is 12.6. The highest BCUT2D eigenvalue weighted by molar-refractivity contribution is 6.35. The van der Waals surface area contributed by atoms with E-state index in [1.165, 1.54) is 17.0 Å². The van der Waals surface area contributed by atoms with Crippen molar-refractivity contribution >= 4 is 23.4 Å². The molecule has 2 aromatic rings. The lowest BCUT2D eigenvalue weighted by Gasteiger charge is -2.24. The number of amides is 3. The number of nitrogens with two attached hydrogens (primary N) is 1. The molecule has 0 fully saturated rings. The van der Waals surface area contributed by atoms with Gasteiger partial charge in [0.2, 0.25) is 0 Å². The minimum absolute atomic E-state index is 0.235. The summed E-state index contributed by atoms with van der Waals surface area (Å²) in [4.78, 5) is 39.4.